The van der Waals surface area contributed by atoms with Crippen molar-refractivity contribution in [2.45, 2.75) is 25.2 Å². The Hall–Kier alpha value is -2.89. The van der Waals surface area contributed by atoms with Gasteiger partial charge < -0.3 is 15.0 Å². The predicted octanol–water partition coefficient (Wildman–Crippen LogP) is 1.02. The number of benzene rings is 1. The fraction of sp³-hybridized carbons (Fsp3) is 0.500. The van der Waals surface area contributed by atoms with Gasteiger partial charge >= 0.3 is 6.09 Å². The summed E-state index contributed by atoms with van der Waals surface area (Å²) in [4.78, 5) is 35.8. The third-order valence-electron chi connectivity index (χ3n) is 4.34. The van der Waals surface area contributed by atoms with Crippen LogP contribution < -0.4 is 5.32 Å². The normalized spacial score (nSPS) is 18.1. The van der Waals surface area contributed by atoms with Crippen molar-refractivity contribution in [3.63, 3.8) is 0 Å². The van der Waals surface area contributed by atoms with Crippen molar-refractivity contribution in [2.75, 3.05) is 30.9 Å². The Morgan fingerprint density at radius 3 is 2.66 bits per heavy atom. The zero-order valence-electron chi connectivity index (χ0n) is 17.1. The van der Waals surface area contributed by atoms with E-state index in [4.69, 9.17) is 14.2 Å². The van der Waals surface area contributed by atoms with E-state index in [0.29, 0.717) is 11.3 Å². The molecule has 2 amide bonds. The summed E-state index contributed by atoms with van der Waals surface area (Å²) in [5, 5.41) is 21.6. The molecule has 2 rings (SSSR count). The Kier molecular flexibility index (Phi) is 9.24. The molecule has 2 atom stereocenters. The average Bonchev–Trinajstić information content (AvgIpc) is 3.11. The summed E-state index contributed by atoms with van der Waals surface area (Å²) in [5.74, 6) is 0.0725. The van der Waals surface area contributed by atoms with Crippen LogP contribution in [0.5, 0.6) is 0 Å². The third kappa shape index (κ3) is 8.33. The number of ether oxygens (including phenoxy) is 1. The van der Waals surface area contributed by atoms with Crippen LogP contribution in [0.1, 0.15) is 12.0 Å². The number of hydrogen-bond donors (Lipinski definition) is 1. The van der Waals surface area contributed by atoms with E-state index in [9.17, 15) is 28.1 Å². The summed E-state index contributed by atoms with van der Waals surface area (Å²) in [6, 6.07) is 6.90. The molecule has 1 aromatic carbocycles. The van der Waals surface area contributed by atoms with E-state index in [1.165, 1.54) is 40.9 Å². The lowest BCUT2D eigenvalue weighted by Crippen LogP contribution is -2.38. The van der Waals surface area contributed by atoms with Gasteiger partial charge in [0.05, 0.1) is 35.6 Å². The molecule has 1 fully saturated rings. The zero-order chi connectivity index (χ0) is 23.7. The zero-order valence-corrected chi connectivity index (χ0v) is 18.8. The van der Waals surface area contributed by atoms with Gasteiger partial charge in [-0.05, 0) is 24.1 Å². The maximum absolute atomic E-state index is 12.6. The first kappa shape index (κ1) is 25.4. The van der Waals surface area contributed by atoms with Gasteiger partial charge in [-0.1, -0.05) is 0 Å². The van der Waals surface area contributed by atoms with Crippen LogP contribution in [0.15, 0.2) is 24.3 Å². The first-order valence-electron chi connectivity index (χ1n) is 9.35. The largest absolute Gasteiger partial charge is 0.445 e. The minimum absolute atomic E-state index is 0.00196. The SMILES string of the molecule is CS(=O)(=O)O[C@H]1C[C@@H](CSCC(=O)NCC#N)N(C(=O)OCc2ccc([N+](=O)[O-])cc2)C1. The fourth-order valence-corrected chi connectivity index (χ4v) is 4.62. The molecule has 1 aliphatic rings. The van der Waals surface area contributed by atoms with Crippen LogP contribution in [0.25, 0.3) is 0 Å². The topological polar surface area (TPSA) is 169 Å². The Balaban J connectivity index is 1.96. The number of carbonyl (C=O) groups excluding carboxylic acids is 2. The molecule has 12 nitrogen and oxygen atoms in total. The molecule has 0 spiro atoms. The molecule has 0 aliphatic carbocycles. The number of nitro groups is 1. The number of nitrogens with zero attached hydrogens (tertiary/aromatic N) is 3. The number of likely N-dealkylation sites (tertiary alicyclic amines) is 1. The fourth-order valence-electron chi connectivity index (χ4n) is 2.99. The van der Waals surface area contributed by atoms with Gasteiger partial charge in [-0.2, -0.15) is 13.7 Å². The van der Waals surface area contributed by atoms with Crippen molar-refractivity contribution in [1.82, 2.24) is 10.2 Å². The number of rotatable bonds is 10. The van der Waals surface area contributed by atoms with Crippen LogP contribution in [0, 0.1) is 21.4 Å². The van der Waals surface area contributed by atoms with Gasteiger partial charge in [0.15, 0.2) is 0 Å². The van der Waals surface area contributed by atoms with Crippen molar-refractivity contribution in [3.8, 4) is 6.07 Å². The number of hydrogen-bond acceptors (Lipinski definition) is 10. The molecule has 32 heavy (non-hydrogen) atoms. The lowest BCUT2D eigenvalue weighted by Gasteiger charge is -2.23. The van der Waals surface area contributed by atoms with Gasteiger partial charge in [0.25, 0.3) is 15.8 Å². The first-order chi connectivity index (χ1) is 15.1. The molecule has 1 N–H and O–H groups in total. The minimum atomic E-state index is -3.73. The van der Waals surface area contributed by atoms with Gasteiger partial charge in [-0.15, -0.1) is 11.8 Å². The highest BCUT2D eigenvalue weighted by Crippen LogP contribution is 2.26. The number of non-ortho nitro benzene ring substituents is 1. The molecule has 0 bridgehead atoms. The van der Waals surface area contributed by atoms with Gasteiger partial charge in [-0.25, -0.2) is 4.79 Å². The highest BCUT2D eigenvalue weighted by molar-refractivity contribution is 8.00. The Labute approximate surface area is 189 Å². The second-order valence-corrected chi connectivity index (χ2v) is 9.52. The third-order valence-corrected chi connectivity index (χ3v) is 6.05. The van der Waals surface area contributed by atoms with E-state index in [0.717, 1.165) is 6.26 Å². The van der Waals surface area contributed by atoms with Gasteiger partial charge in [0.2, 0.25) is 5.91 Å². The Morgan fingerprint density at radius 1 is 1.38 bits per heavy atom. The molecular weight excluding hydrogens is 464 g/mol. The maximum Gasteiger partial charge on any atom is 0.410 e. The lowest BCUT2D eigenvalue weighted by atomic mass is 10.2. The van der Waals surface area contributed by atoms with Gasteiger partial charge in [0.1, 0.15) is 13.2 Å². The van der Waals surface area contributed by atoms with Crippen LogP contribution in [-0.2, 0) is 30.4 Å². The van der Waals surface area contributed by atoms with Crippen LogP contribution in [0.2, 0.25) is 0 Å². The molecule has 0 aromatic heterocycles. The van der Waals surface area contributed by atoms with Crippen molar-refractivity contribution in [3.05, 3.63) is 39.9 Å². The molecule has 0 unspecified atom stereocenters. The van der Waals surface area contributed by atoms with E-state index in [2.05, 4.69) is 5.32 Å². The first-order valence-corrected chi connectivity index (χ1v) is 12.3. The maximum atomic E-state index is 12.6. The number of nitriles is 1. The van der Waals surface area contributed by atoms with Crippen LogP contribution in [0.4, 0.5) is 10.5 Å². The summed E-state index contributed by atoms with van der Waals surface area (Å²) in [7, 11) is -3.73. The molecule has 14 heteroatoms. The van der Waals surface area contributed by atoms with Gasteiger partial charge in [0, 0.05) is 23.9 Å². The number of nitro benzene ring substituents is 1. The molecule has 174 valence electrons. The van der Waals surface area contributed by atoms with E-state index in [-0.39, 0.29) is 43.5 Å². The second-order valence-electron chi connectivity index (χ2n) is 6.89. The number of nitrogens with one attached hydrogen (secondary N) is 1. The number of amides is 2. The minimum Gasteiger partial charge on any atom is -0.445 e. The Morgan fingerprint density at radius 2 is 2.06 bits per heavy atom. The van der Waals surface area contributed by atoms with Crippen LogP contribution in [-0.4, -0.2) is 73.2 Å². The number of thioether (sulfide) groups is 1. The lowest BCUT2D eigenvalue weighted by molar-refractivity contribution is -0.384. The highest BCUT2D eigenvalue weighted by Gasteiger charge is 2.38. The predicted molar refractivity (Wildman–Crippen MR) is 114 cm³/mol. The summed E-state index contributed by atoms with van der Waals surface area (Å²) in [6.07, 6.45) is -0.268. The van der Waals surface area contributed by atoms with Crippen molar-refractivity contribution in [1.29, 1.82) is 5.26 Å². The van der Waals surface area contributed by atoms with Gasteiger partial charge in [-0.3, -0.25) is 19.1 Å². The van der Waals surface area contributed by atoms with Crippen LogP contribution in [0.3, 0.4) is 0 Å². The molecule has 0 saturated carbocycles. The molecule has 1 aliphatic heterocycles. The van der Waals surface area contributed by atoms with E-state index >= 15 is 0 Å². The summed E-state index contributed by atoms with van der Waals surface area (Å²) < 4.78 is 33.3. The van der Waals surface area contributed by atoms with Crippen molar-refractivity contribution < 1.29 is 31.9 Å². The van der Waals surface area contributed by atoms with E-state index < -0.39 is 33.3 Å². The monoisotopic (exact) mass is 486 g/mol. The Bertz CT molecular complexity index is 978. The molecular formula is C18H22N4O8S2. The molecule has 0 radical (unpaired) electrons. The standard InChI is InChI=1S/C18H22N4O8S2/c1-32(27,28)30-16-8-15(11-31-12-17(23)20-7-6-19)21(9-16)18(24)29-10-13-2-4-14(5-3-13)22(25)26/h2-5,15-16H,7-12H2,1H3,(H,20,23)/t15-,16-/m0/s1. The molecule has 1 heterocycles. The smallest absolute Gasteiger partial charge is 0.410 e. The van der Waals surface area contributed by atoms with E-state index in [1.807, 2.05) is 0 Å². The summed E-state index contributed by atoms with van der Waals surface area (Å²) >= 11 is 1.23. The quantitative estimate of drug-likeness (QED) is 0.218. The molecule has 1 saturated heterocycles. The van der Waals surface area contributed by atoms with E-state index in [1.54, 1.807) is 6.07 Å². The van der Waals surface area contributed by atoms with Crippen LogP contribution >= 0.6 is 11.8 Å². The highest BCUT2D eigenvalue weighted by atomic mass is 32.2. The molecule has 1 aromatic rings. The summed E-state index contributed by atoms with van der Waals surface area (Å²) in [6.45, 7) is -0.229. The second kappa shape index (κ2) is 11.7. The average molecular weight is 487 g/mol. The number of carbonyl (C=O) groups is 2. The van der Waals surface area contributed by atoms with Crippen molar-refractivity contribution in [2.24, 2.45) is 0 Å². The van der Waals surface area contributed by atoms with Crippen molar-refractivity contribution >= 4 is 39.6 Å². The summed E-state index contributed by atoms with van der Waals surface area (Å²) in [5.41, 5.74) is 0.462.